The van der Waals surface area contributed by atoms with Crippen molar-refractivity contribution >= 4 is 0 Å². The highest BCUT2D eigenvalue weighted by Crippen LogP contribution is 2.21. The molecule has 1 fully saturated rings. The minimum atomic E-state index is 0.199. The molecule has 3 nitrogen and oxygen atoms in total. The Bertz CT molecular complexity index is 98.3. The Morgan fingerprint density at radius 2 is 2.45 bits per heavy atom. The van der Waals surface area contributed by atoms with Crippen molar-refractivity contribution in [3.05, 3.63) is 0 Å². The lowest BCUT2D eigenvalue weighted by Gasteiger charge is -2.27. The van der Waals surface area contributed by atoms with Crippen molar-refractivity contribution in [1.29, 1.82) is 0 Å². The van der Waals surface area contributed by atoms with Gasteiger partial charge in [-0.1, -0.05) is 0 Å². The second-order valence-electron chi connectivity index (χ2n) is 3.16. The first kappa shape index (κ1) is 8.97. The summed E-state index contributed by atoms with van der Waals surface area (Å²) in [5, 5.41) is 8.94. The maximum atomic E-state index is 8.94. The monoisotopic (exact) mass is 159 g/mol. The third-order valence-electron chi connectivity index (χ3n) is 2.40. The van der Waals surface area contributed by atoms with E-state index in [1.54, 1.807) is 0 Å². The molecule has 1 saturated heterocycles. The van der Waals surface area contributed by atoms with Crippen LogP contribution < -0.4 is 5.73 Å². The Morgan fingerprint density at radius 1 is 1.64 bits per heavy atom. The number of hydrogen-bond donors (Lipinski definition) is 2. The van der Waals surface area contributed by atoms with Crippen molar-refractivity contribution in [2.45, 2.75) is 12.8 Å². The first-order chi connectivity index (χ1) is 5.38. The highest BCUT2D eigenvalue weighted by atomic mass is 16.5. The maximum absolute atomic E-state index is 8.94. The van der Waals surface area contributed by atoms with E-state index in [1.165, 1.54) is 0 Å². The van der Waals surface area contributed by atoms with E-state index in [4.69, 9.17) is 15.6 Å². The van der Waals surface area contributed by atoms with Gasteiger partial charge in [-0.15, -0.1) is 0 Å². The average Bonchev–Trinajstić information content (AvgIpc) is 2.09. The first-order valence-electron chi connectivity index (χ1n) is 4.27. The molecule has 0 aromatic rings. The second-order valence-corrected chi connectivity index (χ2v) is 3.16. The SMILES string of the molecule is NCC(CO)C1CCCOC1. The zero-order valence-electron chi connectivity index (χ0n) is 6.83. The van der Waals surface area contributed by atoms with E-state index in [2.05, 4.69) is 0 Å². The van der Waals surface area contributed by atoms with Gasteiger partial charge in [-0.2, -0.15) is 0 Å². The number of rotatable bonds is 3. The molecule has 2 unspecified atom stereocenters. The Kier molecular flexibility index (Phi) is 3.83. The van der Waals surface area contributed by atoms with Gasteiger partial charge in [0, 0.05) is 19.8 Å². The molecule has 0 spiro atoms. The molecule has 1 aliphatic heterocycles. The molecule has 11 heavy (non-hydrogen) atoms. The quantitative estimate of drug-likeness (QED) is 0.608. The van der Waals surface area contributed by atoms with Crippen LogP contribution in [0, 0.1) is 11.8 Å². The van der Waals surface area contributed by atoms with Gasteiger partial charge in [-0.25, -0.2) is 0 Å². The summed E-state index contributed by atoms with van der Waals surface area (Å²) in [7, 11) is 0. The van der Waals surface area contributed by atoms with Crippen molar-refractivity contribution < 1.29 is 9.84 Å². The number of hydrogen-bond acceptors (Lipinski definition) is 3. The van der Waals surface area contributed by atoms with Crippen molar-refractivity contribution in [2.75, 3.05) is 26.4 Å². The summed E-state index contributed by atoms with van der Waals surface area (Å²) in [4.78, 5) is 0. The second kappa shape index (κ2) is 4.70. The molecule has 3 N–H and O–H groups in total. The molecule has 66 valence electrons. The Balaban J connectivity index is 2.30. The molecule has 0 bridgehead atoms. The van der Waals surface area contributed by atoms with Gasteiger partial charge in [0.05, 0.1) is 0 Å². The minimum absolute atomic E-state index is 0.199. The predicted octanol–water partition coefficient (Wildman–Crippen LogP) is -0.0198. The van der Waals surface area contributed by atoms with Crippen LogP contribution in [0.25, 0.3) is 0 Å². The van der Waals surface area contributed by atoms with E-state index < -0.39 is 0 Å². The molecule has 0 amide bonds. The van der Waals surface area contributed by atoms with E-state index in [1.807, 2.05) is 0 Å². The van der Waals surface area contributed by atoms with Crippen LogP contribution in [0.4, 0.5) is 0 Å². The van der Waals surface area contributed by atoms with Crippen LogP contribution >= 0.6 is 0 Å². The fraction of sp³-hybridized carbons (Fsp3) is 1.00. The third kappa shape index (κ3) is 2.43. The molecular formula is C8H17NO2. The lowest BCUT2D eigenvalue weighted by atomic mass is 9.88. The average molecular weight is 159 g/mol. The van der Waals surface area contributed by atoms with Crippen LogP contribution in [0.15, 0.2) is 0 Å². The van der Waals surface area contributed by atoms with Crippen LogP contribution in [-0.4, -0.2) is 31.5 Å². The molecule has 0 saturated carbocycles. The zero-order valence-corrected chi connectivity index (χ0v) is 6.83. The van der Waals surface area contributed by atoms with Crippen molar-refractivity contribution in [2.24, 2.45) is 17.6 Å². The topological polar surface area (TPSA) is 55.5 Å². The first-order valence-corrected chi connectivity index (χ1v) is 4.27. The van der Waals surface area contributed by atoms with Crippen molar-refractivity contribution in [1.82, 2.24) is 0 Å². The molecule has 0 aromatic carbocycles. The Morgan fingerprint density at radius 3 is 2.91 bits per heavy atom. The van der Waals surface area contributed by atoms with Gasteiger partial charge >= 0.3 is 0 Å². The fourth-order valence-electron chi connectivity index (χ4n) is 1.55. The Hall–Kier alpha value is -0.120. The van der Waals surface area contributed by atoms with E-state index in [-0.39, 0.29) is 12.5 Å². The summed E-state index contributed by atoms with van der Waals surface area (Å²) < 4.78 is 5.30. The van der Waals surface area contributed by atoms with Gasteiger partial charge < -0.3 is 15.6 Å². The van der Waals surface area contributed by atoms with E-state index in [9.17, 15) is 0 Å². The summed E-state index contributed by atoms with van der Waals surface area (Å²) in [6.07, 6.45) is 2.27. The van der Waals surface area contributed by atoms with Crippen LogP contribution in [0.1, 0.15) is 12.8 Å². The van der Waals surface area contributed by atoms with Gasteiger partial charge in [0.1, 0.15) is 0 Å². The molecule has 1 heterocycles. The van der Waals surface area contributed by atoms with Crippen LogP contribution in [0.3, 0.4) is 0 Å². The number of ether oxygens (including phenoxy) is 1. The number of aliphatic hydroxyl groups excluding tert-OH is 1. The largest absolute Gasteiger partial charge is 0.396 e. The molecule has 3 heteroatoms. The molecule has 1 aliphatic rings. The molecule has 0 aliphatic carbocycles. The lowest BCUT2D eigenvalue weighted by molar-refractivity contribution is 0.0187. The molecule has 0 aromatic heterocycles. The standard InChI is InChI=1S/C8H17NO2/c9-4-8(5-10)7-2-1-3-11-6-7/h7-8,10H,1-6,9H2. The van der Waals surface area contributed by atoms with E-state index in [0.717, 1.165) is 26.1 Å². The van der Waals surface area contributed by atoms with Crippen molar-refractivity contribution in [3.8, 4) is 0 Å². The van der Waals surface area contributed by atoms with Crippen molar-refractivity contribution in [3.63, 3.8) is 0 Å². The molecule has 2 atom stereocenters. The minimum Gasteiger partial charge on any atom is -0.396 e. The summed E-state index contributed by atoms with van der Waals surface area (Å²) in [6.45, 7) is 2.43. The predicted molar refractivity (Wildman–Crippen MR) is 43.2 cm³/mol. The Labute approximate surface area is 67.5 Å². The smallest absolute Gasteiger partial charge is 0.0498 e. The highest BCUT2D eigenvalue weighted by Gasteiger charge is 2.21. The van der Waals surface area contributed by atoms with Gasteiger partial charge in [-0.05, 0) is 31.2 Å². The maximum Gasteiger partial charge on any atom is 0.0498 e. The molecular weight excluding hydrogens is 142 g/mol. The van der Waals surface area contributed by atoms with Gasteiger partial charge in [-0.3, -0.25) is 0 Å². The van der Waals surface area contributed by atoms with Gasteiger partial charge in [0.2, 0.25) is 0 Å². The fourth-order valence-corrected chi connectivity index (χ4v) is 1.55. The lowest BCUT2D eigenvalue weighted by Crippen LogP contribution is -2.32. The van der Waals surface area contributed by atoms with Crippen LogP contribution in [-0.2, 0) is 4.74 Å². The zero-order chi connectivity index (χ0) is 8.10. The summed E-state index contributed by atoms with van der Waals surface area (Å²) in [6, 6.07) is 0. The third-order valence-corrected chi connectivity index (χ3v) is 2.40. The van der Waals surface area contributed by atoms with Crippen LogP contribution in [0.5, 0.6) is 0 Å². The molecule has 1 rings (SSSR count). The normalized spacial score (nSPS) is 28.4. The van der Waals surface area contributed by atoms with E-state index >= 15 is 0 Å². The van der Waals surface area contributed by atoms with E-state index in [0.29, 0.717) is 12.5 Å². The summed E-state index contributed by atoms with van der Waals surface area (Å²) in [5.74, 6) is 0.731. The van der Waals surface area contributed by atoms with Gasteiger partial charge in [0.15, 0.2) is 0 Å². The van der Waals surface area contributed by atoms with Gasteiger partial charge in [0.25, 0.3) is 0 Å². The highest BCUT2D eigenvalue weighted by molar-refractivity contribution is 4.72. The molecule has 0 radical (unpaired) electrons. The number of nitrogens with two attached hydrogens (primary N) is 1. The summed E-state index contributed by atoms with van der Waals surface area (Å²) in [5.41, 5.74) is 5.50. The number of aliphatic hydroxyl groups is 1. The summed E-state index contributed by atoms with van der Waals surface area (Å²) >= 11 is 0. The van der Waals surface area contributed by atoms with Crippen LogP contribution in [0.2, 0.25) is 0 Å².